The third-order valence-electron chi connectivity index (χ3n) is 5.91. The lowest BCUT2D eigenvalue weighted by Crippen LogP contribution is -2.37. The summed E-state index contributed by atoms with van der Waals surface area (Å²) in [4.78, 5) is 27.8. The summed E-state index contributed by atoms with van der Waals surface area (Å²) in [7, 11) is -4.58. The van der Waals surface area contributed by atoms with E-state index in [4.69, 9.17) is 15.5 Å². The number of aromatic nitrogens is 2. The van der Waals surface area contributed by atoms with E-state index in [-0.39, 0.29) is 11.2 Å². The average Bonchev–Trinajstić information content (AvgIpc) is 3.34. The lowest BCUT2D eigenvalue weighted by molar-refractivity contribution is -0.383. The Bertz CT molecular complexity index is 1030. The molecule has 13 nitrogen and oxygen atoms in total. The molecule has 0 radical (unpaired) electrons. The maximum Gasteiger partial charge on any atom is 0.469 e. The molecule has 0 amide bonds. The highest BCUT2D eigenvalue weighted by molar-refractivity contribution is 7.46. The molecule has 1 aromatic carbocycles. The van der Waals surface area contributed by atoms with Crippen molar-refractivity contribution in [3.8, 4) is 0 Å². The molecule has 0 saturated carbocycles. The first-order chi connectivity index (χ1) is 17.7. The highest BCUT2D eigenvalue weighted by atomic mass is 31.2. The number of nitrogens with zero attached hydrogens (tertiary/aromatic N) is 3. The Morgan fingerprint density at radius 3 is 2.27 bits per heavy atom. The van der Waals surface area contributed by atoms with Crippen LogP contribution in [0.1, 0.15) is 70.6 Å². The van der Waals surface area contributed by atoms with E-state index in [9.17, 15) is 19.8 Å². The van der Waals surface area contributed by atoms with Crippen LogP contribution in [0.2, 0.25) is 0 Å². The van der Waals surface area contributed by atoms with Crippen molar-refractivity contribution in [2.75, 3.05) is 18.5 Å². The Balaban J connectivity index is 1.42. The maximum absolute atomic E-state index is 11.0. The number of nitro benzene ring substituents is 1. The van der Waals surface area contributed by atoms with Crippen molar-refractivity contribution >= 4 is 30.2 Å². The van der Waals surface area contributed by atoms with Gasteiger partial charge in [-0.3, -0.25) is 14.6 Å². The van der Waals surface area contributed by atoms with Crippen LogP contribution in [0, 0.1) is 10.1 Å². The van der Waals surface area contributed by atoms with Gasteiger partial charge in [-0.2, -0.15) is 0 Å². The number of aliphatic hydroxyl groups is 1. The number of non-ortho nitro benzene ring substituents is 1. The molecule has 0 saturated heterocycles. The number of anilines is 1. The third kappa shape index (κ3) is 12.1. The summed E-state index contributed by atoms with van der Waals surface area (Å²) in [6.45, 7) is 0.331. The lowest BCUT2D eigenvalue weighted by Gasteiger charge is -2.15. The normalized spacial score (nSPS) is 13.8. The molecule has 0 aliphatic rings. The van der Waals surface area contributed by atoms with Crippen LogP contribution in [-0.2, 0) is 9.09 Å². The first kappa shape index (κ1) is 30.8. The number of nitrogens with one attached hydrogen (secondary N) is 1. The van der Waals surface area contributed by atoms with Gasteiger partial charge in [0.25, 0.3) is 0 Å². The molecule has 0 bridgehead atoms. The second-order valence-corrected chi connectivity index (χ2v) is 10.2. The molecule has 0 aliphatic carbocycles. The van der Waals surface area contributed by atoms with Gasteiger partial charge in [0.05, 0.1) is 29.4 Å². The molecule has 0 aliphatic heterocycles. The van der Waals surface area contributed by atoms with Gasteiger partial charge in [-0.15, -0.1) is 0 Å². The fourth-order valence-electron chi connectivity index (χ4n) is 3.83. The highest BCUT2D eigenvalue weighted by Crippen LogP contribution is 2.35. The molecule has 2 rings (SSSR count). The lowest BCUT2D eigenvalue weighted by atomic mass is 10.1. The second kappa shape index (κ2) is 16.4. The SMILES string of the molecule is N[C@@H](COP(=O)(O)O)[C@H](O)/C=C/CCCCCCCCCCCCNc1ccc([N+](=O)[O-])c2nonc12. The zero-order chi connectivity index (χ0) is 27.1. The molecule has 1 heterocycles. The summed E-state index contributed by atoms with van der Waals surface area (Å²) in [5, 5.41) is 31.5. The van der Waals surface area contributed by atoms with Crippen molar-refractivity contribution in [3.05, 3.63) is 34.4 Å². The smallest absolute Gasteiger partial charge is 0.387 e. The van der Waals surface area contributed by atoms with Crippen LogP contribution < -0.4 is 11.1 Å². The van der Waals surface area contributed by atoms with E-state index in [2.05, 4.69) is 24.8 Å². The number of benzene rings is 1. The highest BCUT2D eigenvalue weighted by Gasteiger charge is 2.20. The molecule has 6 N–H and O–H groups in total. The van der Waals surface area contributed by atoms with Gasteiger partial charge >= 0.3 is 13.5 Å². The largest absolute Gasteiger partial charge is 0.469 e. The van der Waals surface area contributed by atoms with Crippen LogP contribution in [0.3, 0.4) is 0 Å². The standard InChI is InChI=1S/C23H38N5O8P/c24-18(17-35-37(32,33)34)21(29)13-11-9-7-5-3-1-2-4-6-8-10-12-16-25-19-14-15-20(28(30)31)23-22(19)26-36-27-23/h11,13-15,18,21,25,29H,1-10,12,16-17,24H2,(H2,32,33,34)/b13-11+/t18-,21+/m0/s1. The minimum Gasteiger partial charge on any atom is -0.387 e. The van der Waals surface area contributed by atoms with Crippen molar-refractivity contribution < 1.29 is 33.5 Å². The fourth-order valence-corrected chi connectivity index (χ4v) is 4.19. The van der Waals surface area contributed by atoms with E-state index in [1.807, 2.05) is 6.08 Å². The Morgan fingerprint density at radius 2 is 1.65 bits per heavy atom. The summed E-state index contributed by atoms with van der Waals surface area (Å²) in [5.41, 5.74) is 6.72. The molecular formula is C23H38N5O8P. The summed E-state index contributed by atoms with van der Waals surface area (Å²) in [6, 6.07) is 2.15. The molecule has 1 aromatic heterocycles. The zero-order valence-electron chi connectivity index (χ0n) is 20.9. The van der Waals surface area contributed by atoms with Crippen LogP contribution in [0.15, 0.2) is 28.9 Å². The van der Waals surface area contributed by atoms with E-state index in [1.165, 1.54) is 31.7 Å². The molecule has 0 unspecified atom stereocenters. The third-order valence-corrected chi connectivity index (χ3v) is 6.40. The van der Waals surface area contributed by atoms with E-state index >= 15 is 0 Å². The molecular weight excluding hydrogens is 505 g/mol. The number of hydrogen-bond acceptors (Lipinski definition) is 10. The van der Waals surface area contributed by atoms with Gasteiger partial charge in [0.2, 0.25) is 5.52 Å². The van der Waals surface area contributed by atoms with Gasteiger partial charge in [-0.05, 0) is 35.6 Å². The number of phosphoric acid groups is 1. The van der Waals surface area contributed by atoms with E-state index in [0.717, 1.165) is 51.5 Å². The predicted octanol–water partition coefficient (Wildman–Crippen LogP) is 4.19. The number of fused-ring (bicyclic) bond motifs is 1. The minimum atomic E-state index is -4.58. The van der Waals surface area contributed by atoms with Crippen molar-refractivity contribution in [2.45, 2.75) is 82.8 Å². The van der Waals surface area contributed by atoms with Crippen LogP contribution >= 0.6 is 7.82 Å². The van der Waals surface area contributed by atoms with Crippen LogP contribution in [0.4, 0.5) is 11.4 Å². The number of allylic oxidation sites excluding steroid dienone is 1. The van der Waals surface area contributed by atoms with E-state index < -0.39 is 31.5 Å². The van der Waals surface area contributed by atoms with E-state index in [0.29, 0.717) is 11.2 Å². The number of rotatable bonds is 20. The first-order valence-corrected chi connectivity index (χ1v) is 14.2. The Labute approximate surface area is 215 Å². The Kier molecular flexibility index (Phi) is 13.7. The second-order valence-electron chi connectivity index (χ2n) is 8.97. The minimum absolute atomic E-state index is 0.120. The summed E-state index contributed by atoms with van der Waals surface area (Å²) in [5.74, 6) is 0. The van der Waals surface area contributed by atoms with Crippen LogP contribution in [0.5, 0.6) is 0 Å². The van der Waals surface area contributed by atoms with Crippen molar-refractivity contribution in [1.29, 1.82) is 0 Å². The summed E-state index contributed by atoms with van der Waals surface area (Å²) >= 11 is 0. The van der Waals surface area contributed by atoms with Gasteiger partial charge in [0.1, 0.15) is 0 Å². The van der Waals surface area contributed by atoms with Crippen molar-refractivity contribution in [3.63, 3.8) is 0 Å². The fraction of sp³-hybridized carbons (Fsp3) is 0.652. The number of phosphoric ester groups is 1. The number of nitrogens with two attached hydrogens (primary N) is 1. The van der Waals surface area contributed by atoms with Gasteiger partial charge in [0, 0.05) is 12.6 Å². The topological polar surface area (TPSA) is 207 Å². The molecule has 37 heavy (non-hydrogen) atoms. The number of hydrogen-bond donors (Lipinski definition) is 5. The summed E-state index contributed by atoms with van der Waals surface area (Å²) < 4.78 is 19.6. The van der Waals surface area contributed by atoms with Crippen molar-refractivity contribution in [2.24, 2.45) is 5.73 Å². The molecule has 208 valence electrons. The van der Waals surface area contributed by atoms with Gasteiger partial charge in [-0.1, -0.05) is 63.5 Å². The Morgan fingerprint density at radius 1 is 1.05 bits per heavy atom. The van der Waals surface area contributed by atoms with Crippen LogP contribution in [0.25, 0.3) is 11.0 Å². The molecule has 2 atom stereocenters. The molecule has 2 aromatic rings. The van der Waals surface area contributed by atoms with E-state index in [1.54, 1.807) is 12.1 Å². The molecule has 0 fully saturated rings. The summed E-state index contributed by atoms with van der Waals surface area (Å²) in [6.07, 6.45) is 14.5. The first-order valence-electron chi connectivity index (χ1n) is 12.6. The predicted molar refractivity (Wildman–Crippen MR) is 139 cm³/mol. The van der Waals surface area contributed by atoms with Crippen molar-refractivity contribution in [1.82, 2.24) is 10.3 Å². The number of nitro groups is 1. The average molecular weight is 544 g/mol. The monoisotopic (exact) mass is 543 g/mol. The van der Waals surface area contributed by atoms with Gasteiger partial charge in [0.15, 0.2) is 5.52 Å². The van der Waals surface area contributed by atoms with Gasteiger partial charge in [-0.25, -0.2) is 9.19 Å². The van der Waals surface area contributed by atoms with Crippen LogP contribution in [-0.4, -0.2) is 55.4 Å². The zero-order valence-corrected chi connectivity index (χ0v) is 21.8. The number of unbranched alkanes of at least 4 members (excludes halogenated alkanes) is 10. The maximum atomic E-state index is 11.0. The van der Waals surface area contributed by atoms with Gasteiger partial charge < -0.3 is 25.9 Å². The molecule has 0 spiro atoms. The quantitative estimate of drug-likeness (QED) is 0.0524. The Hall–Kier alpha value is -2.41. The number of aliphatic hydroxyl groups excluding tert-OH is 1. The molecule has 14 heteroatoms.